The van der Waals surface area contributed by atoms with E-state index >= 15 is 0 Å². The average molecular weight is 454 g/mol. The topological polar surface area (TPSA) is 93.1 Å². The molecule has 0 heterocycles. The monoisotopic (exact) mass is 453 g/mol. The van der Waals surface area contributed by atoms with Crippen molar-refractivity contribution in [1.82, 2.24) is 4.90 Å². The van der Waals surface area contributed by atoms with Gasteiger partial charge >= 0.3 is 11.9 Å². The highest BCUT2D eigenvalue weighted by Gasteiger charge is 2.30. The molecule has 0 saturated heterocycles. The molecule has 1 aromatic carbocycles. The van der Waals surface area contributed by atoms with E-state index in [-0.39, 0.29) is 43.3 Å². The molecule has 0 amide bonds. The number of carboxylic acid groups (broad SMARTS) is 1. The van der Waals surface area contributed by atoms with Crippen LogP contribution in [0.5, 0.6) is 0 Å². The average Bonchev–Trinajstić information content (AvgIpc) is 2.68. The number of carboxylic acids is 1. The Balaban J connectivity index is 2.84. The fourth-order valence-corrected chi connectivity index (χ4v) is 6.04. The molecule has 7 nitrogen and oxygen atoms in total. The number of esters is 1. The van der Waals surface area contributed by atoms with Crippen molar-refractivity contribution >= 4 is 19.3 Å². The molecule has 0 aliphatic rings. The molecule has 1 N–H and O–H groups in total. The summed E-state index contributed by atoms with van der Waals surface area (Å²) in [7, 11) is 0.368. The van der Waals surface area contributed by atoms with Gasteiger partial charge in [-0.25, -0.2) is 4.79 Å². The minimum atomic E-state index is -3.13. The number of carbonyl (C=O) groups excluding carboxylic acids is 1. The lowest BCUT2D eigenvalue weighted by atomic mass is 10.1. The van der Waals surface area contributed by atoms with Crippen LogP contribution in [0.25, 0.3) is 0 Å². The lowest BCUT2D eigenvalue weighted by Gasteiger charge is -2.24. The van der Waals surface area contributed by atoms with Crippen LogP contribution in [0.3, 0.4) is 0 Å². The summed E-state index contributed by atoms with van der Waals surface area (Å²) in [6, 6.07) is 9.42. The van der Waals surface area contributed by atoms with Crippen LogP contribution in [0.15, 0.2) is 41.6 Å². The molecule has 1 atom stereocenters. The van der Waals surface area contributed by atoms with E-state index in [1.807, 2.05) is 44.2 Å². The van der Waals surface area contributed by atoms with Crippen molar-refractivity contribution in [2.24, 2.45) is 5.92 Å². The van der Waals surface area contributed by atoms with Crippen molar-refractivity contribution in [2.75, 3.05) is 33.0 Å². The van der Waals surface area contributed by atoms with E-state index in [0.717, 1.165) is 5.56 Å². The smallest absolute Gasteiger partial charge is 0.333 e. The molecule has 1 unspecified atom stereocenters. The second kappa shape index (κ2) is 13.3. The molecule has 1 rings (SSSR count). The Morgan fingerprint density at radius 1 is 1.13 bits per heavy atom. The molecular weight excluding hydrogens is 417 g/mol. The standard InChI is InChI=1S/C23H36NO6P/c1-6-30-31(28,16-18(2)3)17-20(23(26)27)21(24(4)5)13-10-14-22(25)29-15-19-11-8-7-9-12-19/h7-9,11-12,18H,6,10,13-17H2,1-5H3,(H,26,27)/b21-20+. The first kappa shape index (κ1) is 26.9. The van der Waals surface area contributed by atoms with Gasteiger partial charge in [-0.15, -0.1) is 0 Å². The SMILES string of the molecule is CCOP(=O)(C/C(C(=O)O)=C(/CCCC(=O)OCc1ccccc1)N(C)C)CC(C)C. The summed E-state index contributed by atoms with van der Waals surface area (Å²) in [5.41, 5.74) is 1.54. The number of allylic oxidation sites excluding steroid dienone is 1. The highest BCUT2D eigenvalue weighted by atomic mass is 31.2. The van der Waals surface area contributed by atoms with Crippen molar-refractivity contribution in [2.45, 2.75) is 46.6 Å². The molecule has 0 spiro atoms. The van der Waals surface area contributed by atoms with E-state index in [0.29, 0.717) is 24.7 Å². The van der Waals surface area contributed by atoms with Crippen molar-refractivity contribution in [3.05, 3.63) is 47.2 Å². The second-order valence-corrected chi connectivity index (χ2v) is 10.7. The van der Waals surface area contributed by atoms with E-state index in [4.69, 9.17) is 9.26 Å². The molecule has 31 heavy (non-hydrogen) atoms. The quantitative estimate of drug-likeness (QED) is 0.246. The summed E-state index contributed by atoms with van der Waals surface area (Å²) in [6.07, 6.45) is 1.17. The van der Waals surface area contributed by atoms with Crippen LogP contribution in [0.4, 0.5) is 0 Å². The van der Waals surface area contributed by atoms with Gasteiger partial charge in [0.15, 0.2) is 0 Å². The lowest BCUT2D eigenvalue weighted by molar-refractivity contribution is -0.145. The van der Waals surface area contributed by atoms with E-state index in [9.17, 15) is 19.3 Å². The summed E-state index contributed by atoms with van der Waals surface area (Å²) in [5, 5.41) is 9.82. The van der Waals surface area contributed by atoms with Gasteiger partial charge in [0, 0.05) is 32.4 Å². The van der Waals surface area contributed by atoms with Gasteiger partial charge in [-0.3, -0.25) is 9.36 Å². The number of hydrogen-bond donors (Lipinski definition) is 1. The van der Waals surface area contributed by atoms with Crippen LogP contribution in [0.2, 0.25) is 0 Å². The van der Waals surface area contributed by atoms with Crippen LogP contribution in [0.1, 0.15) is 45.6 Å². The van der Waals surface area contributed by atoms with Gasteiger partial charge in [0.25, 0.3) is 0 Å². The van der Waals surface area contributed by atoms with Crippen molar-refractivity contribution in [3.63, 3.8) is 0 Å². The second-order valence-electron chi connectivity index (χ2n) is 8.09. The Bertz CT molecular complexity index is 789. The molecule has 0 aliphatic carbocycles. The van der Waals surface area contributed by atoms with Crippen LogP contribution in [-0.2, 0) is 30.0 Å². The van der Waals surface area contributed by atoms with Gasteiger partial charge in [0.2, 0.25) is 7.37 Å². The Labute approximate surface area is 185 Å². The molecule has 1 aromatic rings. The molecule has 0 bridgehead atoms. The van der Waals surface area contributed by atoms with Crippen molar-refractivity contribution in [1.29, 1.82) is 0 Å². The largest absolute Gasteiger partial charge is 0.478 e. The number of ether oxygens (including phenoxy) is 1. The zero-order chi connectivity index (χ0) is 23.4. The zero-order valence-corrected chi connectivity index (χ0v) is 20.2. The van der Waals surface area contributed by atoms with Crippen molar-refractivity contribution < 1.29 is 28.5 Å². The predicted octanol–water partition coefficient (Wildman–Crippen LogP) is 4.77. The minimum absolute atomic E-state index is 0.0834. The molecule has 8 heteroatoms. The van der Waals surface area contributed by atoms with E-state index in [2.05, 4.69) is 0 Å². The first-order chi connectivity index (χ1) is 14.6. The van der Waals surface area contributed by atoms with E-state index in [1.165, 1.54) is 0 Å². The molecular formula is C23H36NO6P. The normalized spacial score (nSPS) is 14.0. The van der Waals surface area contributed by atoms with E-state index in [1.54, 1.807) is 25.9 Å². The Hall–Kier alpha value is -2.11. The third kappa shape index (κ3) is 10.2. The Kier molecular flexibility index (Phi) is 11.6. The molecule has 0 saturated carbocycles. The zero-order valence-electron chi connectivity index (χ0n) is 19.3. The Morgan fingerprint density at radius 2 is 1.77 bits per heavy atom. The number of nitrogens with zero attached hydrogens (tertiary/aromatic N) is 1. The number of benzene rings is 1. The van der Waals surface area contributed by atoms with Gasteiger partial charge in [0.05, 0.1) is 18.3 Å². The van der Waals surface area contributed by atoms with E-state index < -0.39 is 13.3 Å². The van der Waals surface area contributed by atoms with Crippen LogP contribution >= 0.6 is 7.37 Å². The predicted molar refractivity (Wildman–Crippen MR) is 122 cm³/mol. The summed E-state index contributed by atoms with van der Waals surface area (Å²) >= 11 is 0. The summed E-state index contributed by atoms with van der Waals surface area (Å²) in [5.74, 6) is -1.33. The third-order valence-corrected chi connectivity index (χ3v) is 7.40. The number of rotatable bonds is 14. The molecule has 0 radical (unpaired) electrons. The summed E-state index contributed by atoms with van der Waals surface area (Å²) in [4.78, 5) is 25.8. The van der Waals surface area contributed by atoms with Crippen molar-refractivity contribution in [3.8, 4) is 0 Å². The van der Waals surface area contributed by atoms with Gasteiger partial charge in [-0.05, 0) is 31.2 Å². The molecule has 0 aliphatic heterocycles. The lowest BCUT2D eigenvalue weighted by Crippen LogP contribution is -2.21. The minimum Gasteiger partial charge on any atom is -0.478 e. The highest BCUT2D eigenvalue weighted by Crippen LogP contribution is 2.50. The van der Waals surface area contributed by atoms with Crippen LogP contribution in [-0.4, -0.2) is 55.0 Å². The maximum atomic E-state index is 13.3. The maximum absolute atomic E-state index is 13.3. The highest BCUT2D eigenvalue weighted by molar-refractivity contribution is 7.59. The van der Waals surface area contributed by atoms with Gasteiger partial charge in [0.1, 0.15) is 6.61 Å². The third-order valence-electron chi connectivity index (χ3n) is 4.59. The van der Waals surface area contributed by atoms with Gasteiger partial charge < -0.3 is 19.3 Å². The molecule has 174 valence electrons. The number of hydrogen-bond acceptors (Lipinski definition) is 6. The first-order valence-electron chi connectivity index (χ1n) is 10.6. The van der Waals surface area contributed by atoms with Gasteiger partial charge in [-0.2, -0.15) is 0 Å². The maximum Gasteiger partial charge on any atom is 0.333 e. The molecule has 0 aromatic heterocycles. The van der Waals surface area contributed by atoms with Crippen LogP contribution in [0, 0.1) is 5.92 Å². The Morgan fingerprint density at radius 3 is 2.29 bits per heavy atom. The number of carbonyl (C=O) groups is 2. The first-order valence-corrected chi connectivity index (χ1v) is 12.6. The summed E-state index contributed by atoms with van der Waals surface area (Å²) < 4.78 is 24.1. The summed E-state index contributed by atoms with van der Waals surface area (Å²) in [6.45, 7) is 6.10. The number of aliphatic carboxylic acids is 1. The van der Waals surface area contributed by atoms with Crippen LogP contribution < -0.4 is 0 Å². The van der Waals surface area contributed by atoms with Gasteiger partial charge in [-0.1, -0.05) is 44.2 Å². The molecule has 0 fully saturated rings. The fraction of sp³-hybridized carbons (Fsp3) is 0.565. The fourth-order valence-electron chi connectivity index (χ4n) is 3.33.